The van der Waals surface area contributed by atoms with Crippen LogP contribution in [0.3, 0.4) is 0 Å². The number of pyridine rings is 2. The van der Waals surface area contributed by atoms with Crippen LogP contribution in [0.25, 0.3) is 60.1 Å². The maximum Gasteiger partial charge on any atom is 0.224 e. The van der Waals surface area contributed by atoms with Crippen molar-refractivity contribution < 1.29 is 4.57 Å². The average Bonchev–Trinajstić information content (AvgIpc) is 3.18. The minimum absolute atomic E-state index is 1.26. The fraction of sp³-hybridized carbons (Fsp3) is 0.156. The van der Waals surface area contributed by atoms with E-state index in [9.17, 15) is 0 Å². The van der Waals surface area contributed by atoms with Crippen molar-refractivity contribution in [3.8, 4) is 11.1 Å². The molecule has 0 spiro atoms. The highest BCUT2D eigenvalue weighted by atomic mass is 28.3. The van der Waals surface area contributed by atoms with E-state index >= 15 is 0 Å². The number of aromatic nitrogens is 2. The molecular formula is C32H29N2Si+. The van der Waals surface area contributed by atoms with Gasteiger partial charge in [0.05, 0.1) is 35.4 Å². The fourth-order valence-corrected chi connectivity index (χ4v) is 7.12. The van der Waals surface area contributed by atoms with Crippen molar-refractivity contribution >= 4 is 62.3 Å². The van der Waals surface area contributed by atoms with Crippen molar-refractivity contribution in [1.82, 2.24) is 4.40 Å². The third-order valence-corrected chi connectivity index (χ3v) is 9.83. The third kappa shape index (κ3) is 2.79. The molecule has 0 atom stereocenters. The minimum Gasteiger partial charge on any atom is -0.307 e. The Morgan fingerprint density at radius 2 is 1.49 bits per heavy atom. The molecule has 35 heavy (non-hydrogen) atoms. The van der Waals surface area contributed by atoms with E-state index in [4.69, 9.17) is 0 Å². The van der Waals surface area contributed by atoms with Gasteiger partial charge in [-0.15, -0.1) is 0 Å². The molecule has 2 nitrogen and oxygen atoms in total. The van der Waals surface area contributed by atoms with Crippen LogP contribution >= 0.6 is 0 Å². The van der Waals surface area contributed by atoms with Crippen LogP contribution in [0, 0.1) is 6.92 Å². The lowest BCUT2D eigenvalue weighted by Crippen LogP contribution is -2.38. The predicted molar refractivity (Wildman–Crippen MR) is 153 cm³/mol. The lowest BCUT2D eigenvalue weighted by Gasteiger charge is -2.20. The van der Waals surface area contributed by atoms with Gasteiger partial charge in [0.25, 0.3) is 0 Å². The normalized spacial score (nSPS) is 12.7. The second-order valence-electron chi connectivity index (χ2n) is 11.1. The Bertz CT molecular complexity index is 1940. The first-order valence-corrected chi connectivity index (χ1v) is 15.9. The summed E-state index contributed by atoms with van der Waals surface area (Å²) in [5.41, 5.74) is 9.14. The van der Waals surface area contributed by atoms with Crippen LogP contribution in [0.1, 0.15) is 5.56 Å². The first-order valence-electron chi connectivity index (χ1n) is 12.4. The third-order valence-electron chi connectivity index (χ3n) is 7.80. The van der Waals surface area contributed by atoms with E-state index in [0.717, 1.165) is 0 Å². The molecular weight excluding hydrogens is 440 g/mol. The molecule has 0 saturated carbocycles. The lowest BCUT2D eigenvalue weighted by molar-refractivity contribution is -0.643. The Hall–Kier alpha value is -3.69. The molecule has 170 valence electrons. The maximum absolute atomic E-state index is 2.57. The van der Waals surface area contributed by atoms with E-state index in [1.807, 2.05) is 0 Å². The van der Waals surface area contributed by atoms with Gasteiger partial charge >= 0.3 is 0 Å². The Labute approximate surface area is 206 Å². The van der Waals surface area contributed by atoms with Crippen LogP contribution in [-0.4, -0.2) is 12.5 Å². The van der Waals surface area contributed by atoms with Gasteiger partial charge in [-0.05, 0) is 41.1 Å². The quantitative estimate of drug-likeness (QED) is 0.108. The molecule has 7 rings (SSSR count). The van der Waals surface area contributed by atoms with E-state index in [-0.39, 0.29) is 0 Å². The highest BCUT2D eigenvalue weighted by Gasteiger charge is 2.26. The van der Waals surface area contributed by atoms with Crippen LogP contribution < -0.4 is 9.75 Å². The fourth-order valence-electron chi connectivity index (χ4n) is 5.96. The van der Waals surface area contributed by atoms with Crippen LogP contribution in [-0.2, 0) is 7.05 Å². The topological polar surface area (TPSA) is 8.29 Å². The molecule has 0 amide bonds. The van der Waals surface area contributed by atoms with Crippen molar-refractivity contribution in [1.29, 1.82) is 0 Å². The molecule has 0 unspecified atom stereocenters. The average molecular weight is 470 g/mol. The van der Waals surface area contributed by atoms with E-state index in [1.165, 1.54) is 70.9 Å². The van der Waals surface area contributed by atoms with Crippen LogP contribution in [0.4, 0.5) is 0 Å². The zero-order valence-electron chi connectivity index (χ0n) is 21.0. The molecule has 7 aromatic rings. The summed E-state index contributed by atoms with van der Waals surface area (Å²) in [4.78, 5) is 0. The molecule has 0 bridgehead atoms. The van der Waals surface area contributed by atoms with E-state index in [2.05, 4.69) is 128 Å². The zero-order chi connectivity index (χ0) is 24.1. The number of nitrogens with zero attached hydrogens (tertiary/aromatic N) is 2. The van der Waals surface area contributed by atoms with Gasteiger partial charge in [-0.1, -0.05) is 85.5 Å². The molecule has 4 aromatic carbocycles. The molecule has 0 aliphatic heterocycles. The Morgan fingerprint density at radius 1 is 0.714 bits per heavy atom. The van der Waals surface area contributed by atoms with Crippen molar-refractivity contribution in [3.63, 3.8) is 0 Å². The zero-order valence-corrected chi connectivity index (χ0v) is 22.0. The second kappa shape index (κ2) is 6.93. The van der Waals surface area contributed by atoms with Gasteiger partial charge in [0.1, 0.15) is 7.05 Å². The first kappa shape index (κ1) is 20.7. The summed E-state index contributed by atoms with van der Waals surface area (Å²) in [6, 6.07) is 29.6. The minimum atomic E-state index is -1.52. The Morgan fingerprint density at radius 3 is 2.26 bits per heavy atom. The molecule has 0 aliphatic carbocycles. The number of hydrogen-bond donors (Lipinski definition) is 0. The molecule has 0 N–H and O–H groups in total. The van der Waals surface area contributed by atoms with Crippen molar-refractivity contribution in [2.75, 3.05) is 0 Å². The van der Waals surface area contributed by atoms with Gasteiger partial charge in [0.15, 0.2) is 6.20 Å². The molecule has 3 heterocycles. The van der Waals surface area contributed by atoms with Crippen molar-refractivity contribution in [3.05, 3.63) is 90.6 Å². The van der Waals surface area contributed by atoms with Crippen LogP contribution in [0.2, 0.25) is 19.6 Å². The summed E-state index contributed by atoms with van der Waals surface area (Å²) in [5.74, 6) is 0. The highest BCUT2D eigenvalue weighted by Crippen LogP contribution is 2.41. The summed E-state index contributed by atoms with van der Waals surface area (Å²) in [5, 5.41) is 8.23. The molecule has 0 aliphatic rings. The lowest BCUT2D eigenvalue weighted by atomic mass is 9.99. The Kier molecular flexibility index (Phi) is 4.09. The molecule has 0 fully saturated rings. The summed E-state index contributed by atoms with van der Waals surface area (Å²) >= 11 is 0. The second-order valence-corrected chi connectivity index (χ2v) is 16.1. The number of hydrogen-bond acceptors (Lipinski definition) is 0. The molecule has 3 aromatic heterocycles. The number of aryl methyl sites for hydroxylation is 2. The molecule has 3 heteroatoms. The summed E-state index contributed by atoms with van der Waals surface area (Å²) < 4.78 is 4.89. The van der Waals surface area contributed by atoms with Gasteiger partial charge < -0.3 is 4.40 Å². The van der Waals surface area contributed by atoms with Gasteiger partial charge in [-0.3, -0.25) is 0 Å². The predicted octanol–water partition coefficient (Wildman–Crippen LogP) is 7.34. The van der Waals surface area contributed by atoms with E-state index in [1.54, 1.807) is 0 Å². The molecule has 0 radical (unpaired) electrons. The van der Waals surface area contributed by atoms with Crippen molar-refractivity contribution in [2.45, 2.75) is 26.6 Å². The standard InChI is InChI=1S/C32H29N2Si/c1-20-11-13-26-25-14-12-22(21-9-7-6-8-10-21)18-27(25)34-28-19-24(35(3,4)5)17-23-15-16-33(2)32(30(23)28)29(20)31(26)34/h6-19H,1-5H3/q+1. The number of fused-ring (bicyclic) bond motifs is 5. The number of rotatable bonds is 2. The van der Waals surface area contributed by atoms with Gasteiger partial charge in [-0.25, -0.2) is 4.57 Å². The monoisotopic (exact) mass is 469 g/mol. The molecule has 0 saturated heterocycles. The van der Waals surface area contributed by atoms with E-state index < -0.39 is 8.07 Å². The van der Waals surface area contributed by atoms with Gasteiger partial charge in [-0.2, -0.15) is 0 Å². The van der Waals surface area contributed by atoms with Crippen molar-refractivity contribution in [2.24, 2.45) is 7.05 Å². The van der Waals surface area contributed by atoms with Gasteiger partial charge in [0.2, 0.25) is 5.52 Å². The number of benzene rings is 4. The van der Waals surface area contributed by atoms with Crippen LogP contribution in [0.15, 0.2) is 85.1 Å². The largest absolute Gasteiger partial charge is 0.307 e. The SMILES string of the molecule is Cc1ccc2c3ccc(-c4ccccc4)cc3n3c4cc([Si](C)(C)C)cc5cc[n+](C)c(c1c23)c54. The smallest absolute Gasteiger partial charge is 0.224 e. The summed E-state index contributed by atoms with van der Waals surface area (Å²) in [7, 11) is 0.668. The first-order chi connectivity index (χ1) is 16.8. The highest BCUT2D eigenvalue weighted by molar-refractivity contribution is 6.89. The van der Waals surface area contributed by atoms with Crippen LogP contribution in [0.5, 0.6) is 0 Å². The summed E-state index contributed by atoms with van der Waals surface area (Å²) in [6.45, 7) is 9.60. The maximum atomic E-state index is 2.57. The van der Waals surface area contributed by atoms with E-state index in [0.29, 0.717) is 0 Å². The Balaban J connectivity index is 1.80. The summed E-state index contributed by atoms with van der Waals surface area (Å²) in [6.07, 6.45) is 2.24. The van der Waals surface area contributed by atoms with Gasteiger partial charge in [0, 0.05) is 16.8 Å².